The molecule has 1 aliphatic heterocycles. The number of rotatable bonds is 8. The van der Waals surface area contributed by atoms with Gasteiger partial charge in [-0.1, -0.05) is 26.8 Å². The molecule has 0 unspecified atom stereocenters. The molecule has 3 atom stereocenters. The molecule has 1 N–H and O–H groups in total. The number of aliphatic hydroxyl groups excluding tert-OH is 1. The van der Waals surface area contributed by atoms with Gasteiger partial charge >= 0.3 is 0 Å². The minimum atomic E-state index is -0.367. The second-order valence-electron chi connectivity index (χ2n) is 8.63. The second-order valence-corrected chi connectivity index (χ2v) is 8.63. The predicted molar refractivity (Wildman–Crippen MR) is 98.1 cm³/mol. The molecule has 0 radical (unpaired) electrons. The van der Waals surface area contributed by atoms with E-state index in [2.05, 4.69) is 36.6 Å². The van der Waals surface area contributed by atoms with Gasteiger partial charge in [-0.25, -0.2) is 0 Å². The van der Waals surface area contributed by atoms with Gasteiger partial charge in [0.1, 0.15) is 0 Å². The van der Waals surface area contributed by atoms with Crippen molar-refractivity contribution in [3.05, 3.63) is 11.6 Å². The number of nitrogens with zero attached hydrogens (tertiary/aromatic N) is 2. The van der Waals surface area contributed by atoms with Gasteiger partial charge in [0, 0.05) is 32.7 Å². The molecule has 3 aliphatic carbocycles. The van der Waals surface area contributed by atoms with E-state index in [-0.39, 0.29) is 6.10 Å². The first-order valence-corrected chi connectivity index (χ1v) is 9.90. The highest BCUT2D eigenvalue weighted by Gasteiger charge is 2.50. The molecule has 4 heteroatoms. The van der Waals surface area contributed by atoms with Gasteiger partial charge in [0.05, 0.1) is 19.3 Å². The SMILES string of the molecule is CCCN1CCN(C[C@@H](O)COCC2=CC[C@H]3C[C@@H]2C3(C)C)CC1. The Kier molecular flexibility index (Phi) is 6.02. The van der Waals surface area contributed by atoms with Crippen LogP contribution in [0, 0.1) is 17.3 Å². The molecule has 0 amide bonds. The summed E-state index contributed by atoms with van der Waals surface area (Å²) in [4.78, 5) is 4.89. The quantitative estimate of drug-likeness (QED) is 0.691. The van der Waals surface area contributed by atoms with Crippen LogP contribution in [0.25, 0.3) is 0 Å². The van der Waals surface area contributed by atoms with Crippen LogP contribution in [0.15, 0.2) is 11.6 Å². The smallest absolute Gasteiger partial charge is 0.0900 e. The average molecular weight is 337 g/mol. The third-order valence-electron chi connectivity index (χ3n) is 6.64. The van der Waals surface area contributed by atoms with E-state index in [9.17, 15) is 5.11 Å². The Balaban J connectivity index is 1.32. The largest absolute Gasteiger partial charge is 0.389 e. The van der Waals surface area contributed by atoms with Crippen LogP contribution in [-0.4, -0.2) is 73.5 Å². The van der Waals surface area contributed by atoms with Crippen LogP contribution in [0.5, 0.6) is 0 Å². The number of fused-ring (bicyclic) bond motifs is 1. The fourth-order valence-electron chi connectivity index (χ4n) is 4.82. The Hall–Kier alpha value is -0.420. The van der Waals surface area contributed by atoms with E-state index < -0.39 is 0 Å². The summed E-state index contributed by atoms with van der Waals surface area (Å²) in [7, 11) is 0. The van der Waals surface area contributed by atoms with Gasteiger partial charge in [-0.15, -0.1) is 0 Å². The predicted octanol–water partition coefficient (Wildman–Crippen LogP) is 2.38. The van der Waals surface area contributed by atoms with Crippen LogP contribution in [-0.2, 0) is 4.74 Å². The van der Waals surface area contributed by atoms with E-state index in [4.69, 9.17) is 4.74 Å². The molecular formula is C20H36N2O2. The zero-order valence-corrected chi connectivity index (χ0v) is 15.8. The molecule has 4 nitrogen and oxygen atoms in total. The monoisotopic (exact) mass is 336 g/mol. The zero-order valence-electron chi connectivity index (χ0n) is 15.8. The fourth-order valence-corrected chi connectivity index (χ4v) is 4.82. The van der Waals surface area contributed by atoms with Crippen LogP contribution in [0.2, 0.25) is 0 Å². The van der Waals surface area contributed by atoms with Crippen LogP contribution in [0.3, 0.4) is 0 Å². The Morgan fingerprint density at radius 3 is 2.58 bits per heavy atom. The highest BCUT2D eigenvalue weighted by molar-refractivity contribution is 5.23. The lowest BCUT2D eigenvalue weighted by Crippen LogP contribution is -2.49. The summed E-state index contributed by atoms with van der Waals surface area (Å²) in [5.74, 6) is 1.59. The standard InChI is InChI=1S/C20H36N2O2/c1-4-7-21-8-10-22(11-9-21)13-18(23)15-24-14-16-5-6-17-12-19(16)20(17,2)3/h5,17-19,23H,4,6-15H2,1-3H3/t17-,18+,19-/m0/s1. The summed E-state index contributed by atoms with van der Waals surface area (Å²) >= 11 is 0. The molecule has 4 rings (SSSR count). The summed E-state index contributed by atoms with van der Waals surface area (Å²) in [6.45, 7) is 14.5. The average Bonchev–Trinajstić information content (AvgIpc) is 2.57. The summed E-state index contributed by atoms with van der Waals surface area (Å²) < 4.78 is 5.87. The molecule has 1 saturated carbocycles. The maximum atomic E-state index is 10.3. The van der Waals surface area contributed by atoms with E-state index in [1.807, 2.05) is 0 Å². The van der Waals surface area contributed by atoms with Crippen molar-refractivity contribution in [1.82, 2.24) is 9.80 Å². The second kappa shape index (κ2) is 7.86. The lowest BCUT2D eigenvalue weighted by molar-refractivity contribution is -0.0274. The summed E-state index contributed by atoms with van der Waals surface area (Å²) in [6.07, 6.45) is 5.81. The molecule has 0 aromatic heterocycles. The number of hydrogen-bond acceptors (Lipinski definition) is 4. The Labute approximate surface area is 147 Å². The maximum Gasteiger partial charge on any atom is 0.0900 e. The Morgan fingerprint density at radius 2 is 1.96 bits per heavy atom. The number of β-amino-alcohol motifs (C(OH)–C–C–N with tert-alkyl or cyclic N) is 1. The summed E-state index contributed by atoms with van der Waals surface area (Å²) in [5.41, 5.74) is 1.94. The number of aliphatic hydroxyl groups is 1. The Bertz CT molecular complexity index is 441. The van der Waals surface area contributed by atoms with Crippen molar-refractivity contribution in [2.75, 3.05) is 52.5 Å². The molecule has 0 spiro atoms. The lowest BCUT2D eigenvalue weighted by atomic mass is 9.49. The highest BCUT2D eigenvalue weighted by atomic mass is 16.5. The van der Waals surface area contributed by atoms with Gasteiger partial charge in [0.2, 0.25) is 0 Å². The topological polar surface area (TPSA) is 35.9 Å². The van der Waals surface area contributed by atoms with E-state index in [0.717, 1.165) is 38.6 Å². The molecule has 2 bridgehead atoms. The van der Waals surface area contributed by atoms with Gasteiger partial charge < -0.3 is 14.7 Å². The van der Waals surface area contributed by atoms with Gasteiger partial charge in [0.25, 0.3) is 0 Å². The lowest BCUT2D eigenvalue weighted by Gasteiger charge is -2.56. The summed E-state index contributed by atoms with van der Waals surface area (Å²) in [5, 5.41) is 10.3. The van der Waals surface area contributed by atoms with Gasteiger partial charge in [-0.05, 0) is 48.6 Å². The normalized spacial score (nSPS) is 31.4. The van der Waals surface area contributed by atoms with E-state index in [0.29, 0.717) is 24.5 Å². The van der Waals surface area contributed by atoms with Crippen molar-refractivity contribution in [2.45, 2.75) is 46.1 Å². The van der Waals surface area contributed by atoms with Gasteiger partial charge in [0.15, 0.2) is 0 Å². The first-order chi connectivity index (χ1) is 11.5. The zero-order chi connectivity index (χ0) is 17.2. The van der Waals surface area contributed by atoms with Crippen molar-refractivity contribution >= 4 is 0 Å². The van der Waals surface area contributed by atoms with Crippen LogP contribution in [0.4, 0.5) is 0 Å². The first-order valence-electron chi connectivity index (χ1n) is 9.90. The van der Waals surface area contributed by atoms with Crippen molar-refractivity contribution < 1.29 is 9.84 Å². The van der Waals surface area contributed by atoms with E-state index >= 15 is 0 Å². The number of ether oxygens (including phenoxy) is 1. The number of piperazine rings is 1. The third-order valence-corrected chi connectivity index (χ3v) is 6.64. The highest BCUT2D eigenvalue weighted by Crippen LogP contribution is 2.59. The molecule has 4 aliphatic rings. The van der Waals surface area contributed by atoms with Crippen LogP contribution >= 0.6 is 0 Å². The third kappa shape index (κ3) is 4.04. The number of allylic oxidation sites excluding steroid dienone is 1. The fraction of sp³-hybridized carbons (Fsp3) is 0.900. The molecule has 0 aromatic rings. The molecule has 138 valence electrons. The molecule has 1 saturated heterocycles. The molecule has 1 heterocycles. The Morgan fingerprint density at radius 1 is 1.25 bits per heavy atom. The molecule has 24 heavy (non-hydrogen) atoms. The first kappa shape index (κ1) is 18.4. The maximum absolute atomic E-state index is 10.3. The van der Waals surface area contributed by atoms with Crippen molar-refractivity contribution in [3.8, 4) is 0 Å². The molecular weight excluding hydrogens is 300 g/mol. The van der Waals surface area contributed by atoms with Crippen LogP contribution in [0.1, 0.15) is 40.0 Å². The van der Waals surface area contributed by atoms with Gasteiger partial charge in [-0.3, -0.25) is 4.90 Å². The number of hydrogen-bond donors (Lipinski definition) is 1. The molecule has 2 fully saturated rings. The van der Waals surface area contributed by atoms with Crippen LogP contribution < -0.4 is 0 Å². The van der Waals surface area contributed by atoms with Crippen molar-refractivity contribution in [2.24, 2.45) is 17.3 Å². The van der Waals surface area contributed by atoms with Crippen molar-refractivity contribution in [1.29, 1.82) is 0 Å². The van der Waals surface area contributed by atoms with E-state index in [1.165, 1.54) is 31.4 Å². The minimum Gasteiger partial charge on any atom is -0.389 e. The van der Waals surface area contributed by atoms with Crippen molar-refractivity contribution in [3.63, 3.8) is 0 Å². The summed E-state index contributed by atoms with van der Waals surface area (Å²) in [6, 6.07) is 0. The minimum absolute atomic E-state index is 0.367. The van der Waals surface area contributed by atoms with Gasteiger partial charge in [-0.2, -0.15) is 0 Å². The van der Waals surface area contributed by atoms with E-state index in [1.54, 1.807) is 0 Å². The molecule has 0 aromatic carbocycles.